The van der Waals surface area contributed by atoms with Gasteiger partial charge in [0.1, 0.15) is 0 Å². The fourth-order valence-corrected chi connectivity index (χ4v) is 4.26. The lowest BCUT2D eigenvalue weighted by molar-refractivity contribution is 0.0751. The van der Waals surface area contributed by atoms with Crippen LogP contribution in [0.25, 0.3) is 0 Å². The SMILES string of the molecule is O=C(c1cc(Br)cs1)N1CCN(c2ccc(Nc3cccnc3)nn2)CC1. The first-order chi connectivity index (χ1) is 13.2. The molecule has 1 aliphatic heterocycles. The molecule has 0 radical (unpaired) electrons. The number of aromatic nitrogens is 3. The summed E-state index contributed by atoms with van der Waals surface area (Å²) in [4.78, 5) is 21.4. The van der Waals surface area contributed by atoms with Gasteiger partial charge in [-0.3, -0.25) is 9.78 Å². The highest BCUT2D eigenvalue weighted by Gasteiger charge is 2.24. The van der Waals surface area contributed by atoms with Gasteiger partial charge >= 0.3 is 0 Å². The number of amides is 1. The Balaban J connectivity index is 1.35. The molecule has 0 unspecified atom stereocenters. The first-order valence-electron chi connectivity index (χ1n) is 8.48. The summed E-state index contributed by atoms with van der Waals surface area (Å²) in [5.41, 5.74) is 0.867. The van der Waals surface area contributed by atoms with E-state index in [2.05, 4.69) is 41.3 Å². The zero-order valence-electron chi connectivity index (χ0n) is 14.4. The molecule has 4 heterocycles. The number of thiophene rings is 1. The smallest absolute Gasteiger partial charge is 0.264 e. The monoisotopic (exact) mass is 444 g/mol. The minimum absolute atomic E-state index is 0.0902. The minimum atomic E-state index is 0.0902. The summed E-state index contributed by atoms with van der Waals surface area (Å²) in [5.74, 6) is 1.58. The lowest BCUT2D eigenvalue weighted by atomic mass is 10.3. The maximum absolute atomic E-state index is 12.5. The van der Waals surface area contributed by atoms with Crippen molar-refractivity contribution in [1.29, 1.82) is 0 Å². The third-order valence-corrected chi connectivity index (χ3v) is 5.93. The van der Waals surface area contributed by atoms with Crippen molar-refractivity contribution in [1.82, 2.24) is 20.1 Å². The molecule has 0 atom stereocenters. The van der Waals surface area contributed by atoms with E-state index in [-0.39, 0.29) is 5.91 Å². The average Bonchev–Trinajstić information content (AvgIpc) is 3.15. The number of pyridine rings is 1. The van der Waals surface area contributed by atoms with Gasteiger partial charge in [-0.15, -0.1) is 21.5 Å². The van der Waals surface area contributed by atoms with E-state index in [4.69, 9.17) is 0 Å². The van der Waals surface area contributed by atoms with Gasteiger partial charge in [-0.1, -0.05) is 0 Å². The highest BCUT2D eigenvalue weighted by molar-refractivity contribution is 9.10. The summed E-state index contributed by atoms with van der Waals surface area (Å²) in [7, 11) is 0. The van der Waals surface area contributed by atoms with Crippen LogP contribution in [0, 0.1) is 0 Å². The first kappa shape index (κ1) is 17.9. The van der Waals surface area contributed by atoms with Crippen LogP contribution in [0.2, 0.25) is 0 Å². The van der Waals surface area contributed by atoms with E-state index in [1.165, 1.54) is 11.3 Å². The Morgan fingerprint density at radius 1 is 1.15 bits per heavy atom. The molecule has 3 aromatic rings. The van der Waals surface area contributed by atoms with Crippen LogP contribution in [-0.4, -0.2) is 52.2 Å². The van der Waals surface area contributed by atoms with Crippen molar-refractivity contribution in [2.45, 2.75) is 0 Å². The second-order valence-corrected chi connectivity index (χ2v) is 7.88. The molecule has 0 aliphatic carbocycles. The highest BCUT2D eigenvalue weighted by atomic mass is 79.9. The van der Waals surface area contributed by atoms with Gasteiger partial charge in [0.15, 0.2) is 11.6 Å². The van der Waals surface area contributed by atoms with E-state index < -0.39 is 0 Å². The topological polar surface area (TPSA) is 74.2 Å². The van der Waals surface area contributed by atoms with Crippen molar-refractivity contribution in [3.8, 4) is 0 Å². The molecule has 1 N–H and O–H groups in total. The molecule has 0 aromatic carbocycles. The Bertz CT molecular complexity index is 909. The number of nitrogens with one attached hydrogen (secondary N) is 1. The maximum atomic E-state index is 12.5. The van der Waals surface area contributed by atoms with Gasteiger partial charge in [0.2, 0.25) is 0 Å². The molecule has 0 bridgehead atoms. The van der Waals surface area contributed by atoms with Crippen LogP contribution in [0.1, 0.15) is 9.67 Å². The molecule has 9 heteroatoms. The van der Waals surface area contributed by atoms with Gasteiger partial charge in [-0.05, 0) is 46.3 Å². The number of carbonyl (C=O) groups is 1. The molecule has 7 nitrogen and oxygen atoms in total. The fraction of sp³-hybridized carbons (Fsp3) is 0.222. The number of nitrogens with zero attached hydrogens (tertiary/aromatic N) is 5. The lowest BCUT2D eigenvalue weighted by Gasteiger charge is -2.35. The second kappa shape index (κ2) is 8.01. The van der Waals surface area contributed by atoms with Crippen LogP contribution >= 0.6 is 27.3 Å². The Morgan fingerprint density at radius 2 is 2.00 bits per heavy atom. The Labute approximate surface area is 169 Å². The van der Waals surface area contributed by atoms with Gasteiger partial charge in [0.25, 0.3) is 5.91 Å². The zero-order valence-corrected chi connectivity index (χ0v) is 16.8. The highest BCUT2D eigenvalue weighted by Crippen LogP contribution is 2.22. The first-order valence-corrected chi connectivity index (χ1v) is 10.2. The van der Waals surface area contributed by atoms with Gasteiger partial charge < -0.3 is 15.1 Å². The van der Waals surface area contributed by atoms with E-state index in [9.17, 15) is 4.79 Å². The molecular formula is C18H17BrN6OS. The van der Waals surface area contributed by atoms with Gasteiger partial charge in [-0.25, -0.2) is 0 Å². The van der Waals surface area contributed by atoms with Crippen molar-refractivity contribution < 1.29 is 4.79 Å². The largest absolute Gasteiger partial charge is 0.352 e. The predicted octanol–water partition coefficient (Wildman–Crippen LogP) is 3.40. The summed E-state index contributed by atoms with van der Waals surface area (Å²) in [6.07, 6.45) is 3.46. The number of halogens is 1. The number of piperazine rings is 1. The van der Waals surface area contributed by atoms with Crippen molar-refractivity contribution in [3.05, 3.63) is 57.5 Å². The zero-order chi connectivity index (χ0) is 18.6. The van der Waals surface area contributed by atoms with E-state index >= 15 is 0 Å². The molecule has 4 rings (SSSR count). The standard InChI is InChI=1S/C18H17BrN6OS/c19-13-10-15(27-12-13)18(26)25-8-6-24(7-9-25)17-4-3-16(22-23-17)21-14-2-1-5-20-11-14/h1-5,10-12H,6-9H2,(H,21,22). The Morgan fingerprint density at radius 3 is 2.63 bits per heavy atom. The molecule has 1 amide bonds. The molecule has 0 spiro atoms. The normalized spacial score (nSPS) is 14.3. The van der Waals surface area contributed by atoms with Crippen LogP contribution < -0.4 is 10.2 Å². The molecule has 27 heavy (non-hydrogen) atoms. The van der Waals surface area contributed by atoms with E-state index in [0.29, 0.717) is 18.9 Å². The summed E-state index contributed by atoms with van der Waals surface area (Å²) < 4.78 is 0.949. The molecule has 138 valence electrons. The molecule has 1 aliphatic rings. The van der Waals surface area contributed by atoms with E-state index in [0.717, 1.165) is 33.9 Å². The van der Waals surface area contributed by atoms with Gasteiger partial charge in [-0.2, -0.15) is 0 Å². The molecule has 3 aromatic heterocycles. The number of anilines is 3. The van der Waals surface area contributed by atoms with Crippen molar-refractivity contribution in [2.24, 2.45) is 0 Å². The number of carbonyl (C=O) groups excluding carboxylic acids is 1. The minimum Gasteiger partial charge on any atom is -0.352 e. The quantitative estimate of drug-likeness (QED) is 0.664. The number of rotatable bonds is 4. The molecule has 1 saturated heterocycles. The molecule has 0 saturated carbocycles. The maximum Gasteiger partial charge on any atom is 0.264 e. The van der Waals surface area contributed by atoms with Crippen molar-refractivity contribution in [3.63, 3.8) is 0 Å². The van der Waals surface area contributed by atoms with Crippen LogP contribution in [-0.2, 0) is 0 Å². The van der Waals surface area contributed by atoms with Crippen LogP contribution in [0.4, 0.5) is 17.3 Å². The summed E-state index contributed by atoms with van der Waals surface area (Å²) in [5, 5.41) is 13.7. The lowest BCUT2D eigenvalue weighted by Crippen LogP contribution is -2.49. The Hall–Kier alpha value is -2.52. The van der Waals surface area contributed by atoms with Crippen molar-refractivity contribution >= 4 is 50.5 Å². The summed E-state index contributed by atoms with van der Waals surface area (Å²) in [6.45, 7) is 2.82. The third-order valence-electron chi connectivity index (χ3n) is 4.25. The van der Waals surface area contributed by atoms with Crippen LogP contribution in [0.15, 0.2) is 52.6 Å². The number of hydrogen-bond donors (Lipinski definition) is 1. The van der Waals surface area contributed by atoms with Gasteiger partial charge in [0.05, 0.1) is 16.8 Å². The van der Waals surface area contributed by atoms with Crippen LogP contribution in [0.3, 0.4) is 0 Å². The third kappa shape index (κ3) is 4.25. The second-order valence-electron chi connectivity index (χ2n) is 6.05. The van der Waals surface area contributed by atoms with E-state index in [1.807, 2.05) is 40.6 Å². The van der Waals surface area contributed by atoms with Crippen LogP contribution in [0.5, 0.6) is 0 Å². The fourth-order valence-electron chi connectivity index (χ4n) is 2.86. The number of hydrogen-bond acceptors (Lipinski definition) is 7. The summed E-state index contributed by atoms with van der Waals surface area (Å²) >= 11 is 4.86. The Kier molecular flexibility index (Phi) is 5.30. The van der Waals surface area contributed by atoms with E-state index in [1.54, 1.807) is 12.4 Å². The predicted molar refractivity (Wildman–Crippen MR) is 110 cm³/mol. The van der Waals surface area contributed by atoms with Gasteiger partial charge in [0, 0.05) is 42.2 Å². The average molecular weight is 445 g/mol. The molecule has 1 fully saturated rings. The molecular weight excluding hydrogens is 428 g/mol. The van der Waals surface area contributed by atoms with Crippen molar-refractivity contribution in [2.75, 3.05) is 36.4 Å². The summed E-state index contributed by atoms with van der Waals surface area (Å²) in [6, 6.07) is 9.50.